The molecule has 0 amide bonds. The van der Waals surface area contributed by atoms with Gasteiger partial charge in [-0.15, -0.1) is 0 Å². The Morgan fingerprint density at radius 3 is 2.56 bits per heavy atom. The van der Waals surface area contributed by atoms with E-state index in [0.717, 1.165) is 32.1 Å². The summed E-state index contributed by atoms with van der Waals surface area (Å²) in [5.74, 6) is -0.299. The van der Waals surface area contributed by atoms with Crippen molar-refractivity contribution in [3.05, 3.63) is 35.1 Å². The van der Waals surface area contributed by atoms with E-state index in [9.17, 15) is 9.18 Å². The molecule has 0 aliphatic heterocycles. The van der Waals surface area contributed by atoms with E-state index in [1.165, 1.54) is 6.07 Å². The highest BCUT2D eigenvalue weighted by atomic mass is 19.1. The minimum atomic E-state index is -0.458. The monoisotopic (exact) mass is 249 g/mol. The summed E-state index contributed by atoms with van der Waals surface area (Å²) >= 11 is 0. The van der Waals surface area contributed by atoms with Crippen LogP contribution < -0.4 is 5.73 Å². The van der Waals surface area contributed by atoms with Crippen molar-refractivity contribution in [1.29, 1.82) is 0 Å². The first-order chi connectivity index (χ1) is 8.59. The van der Waals surface area contributed by atoms with Crippen molar-refractivity contribution in [2.75, 3.05) is 6.54 Å². The highest BCUT2D eigenvalue weighted by molar-refractivity contribution is 6.00. The number of hydrogen-bond acceptors (Lipinski definition) is 2. The molecule has 0 spiro atoms. The molecular formula is C15H20FNO. The summed E-state index contributed by atoms with van der Waals surface area (Å²) in [7, 11) is 0. The van der Waals surface area contributed by atoms with Crippen molar-refractivity contribution < 1.29 is 9.18 Å². The molecule has 2 nitrogen and oxygen atoms in total. The van der Waals surface area contributed by atoms with Gasteiger partial charge in [0.05, 0.1) is 0 Å². The van der Waals surface area contributed by atoms with Crippen molar-refractivity contribution >= 4 is 5.78 Å². The molecule has 18 heavy (non-hydrogen) atoms. The van der Waals surface area contributed by atoms with Crippen molar-refractivity contribution in [2.24, 2.45) is 11.1 Å². The van der Waals surface area contributed by atoms with Crippen LogP contribution in [0, 0.1) is 18.2 Å². The predicted octanol–water partition coefficient (Wildman–Crippen LogP) is 3.23. The molecule has 98 valence electrons. The maximum absolute atomic E-state index is 13.6. The number of ketones is 1. The van der Waals surface area contributed by atoms with Gasteiger partial charge in [0.1, 0.15) is 5.82 Å². The Balaban J connectivity index is 2.30. The van der Waals surface area contributed by atoms with Crippen LogP contribution >= 0.6 is 0 Å². The lowest BCUT2D eigenvalue weighted by Gasteiger charge is -2.34. The van der Waals surface area contributed by atoms with Gasteiger partial charge in [-0.2, -0.15) is 0 Å². The SMILES string of the molecule is Cc1ccc(C(=O)C2(CN)CCCCC2)cc1F. The van der Waals surface area contributed by atoms with E-state index in [1.54, 1.807) is 19.1 Å². The Bertz CT molecular complexity index is 450. The summed E-state index contributed by atoms with van der Waals surface area (Å²) in [6.07, 6.45) is 4.90. The van der Waals surface area contributed by atoms with E-state index in [1.807, 2.05) is 0 Å². The standard InChI is InChI=1S/C15H20FNO/c1-11-5-6-12(9-13(11)16)14(18)15(10-17)7-3-2-4-8-15/h5-6,9H,2-4,7-8,10,17H2,1H3. The van der Waals surface area contributed by atoms with Gasteiger partial charge in [0.15, 0.2) is 5.78 Å². The maximum Gasteiger partial charge on any atom is 0.170 e. The maximum atomic E-state index is 13.6. The molecule has 0 atom stereocenters. The number of halogens is 1. The van der Waals surface area contributed by atoms with E-state index in [-0.39, 0.29) is 11.6 Å². The molecule has 0 saturated heterocycles. The van der Waals surface area contributed by atoms with Crippen LogP contribution in [0.1, 0.15) is 48.0 Å². The first kappa shape index (κ1) is 13.2. The van der Waals surface area contributed by atoms with Crippen molar-refractivity contribution in [3.63, 3.8) is 0 Å². The number of Topliss-reactive ketones (excluding diaryl/α,β-unsaturated/α-hetero) is 1. The Kier molecular flexibility index (Phi) is 3.81. The lowest BCUT2D eigenvalue weighted by molar-refractivity contribution is 0.0729. The fourth-order valence-corrected chi connectivity index (χ4v) is 2.79. The third-order valence-electron chi connectivity index (χ3n) is 4.12. The van der Waals surface area contributed by atoms with Crippen LogP contribution in [-0.2, 0) is 0 Å². The quantitative estimate of drug-likeness (QED) is 0.836. The fourth-order valence-electron chi connectivity index (χ4n) is 2.79. The van der Waals surface area contributed by atoms with Crippen LogP contribution in [0.3, 0.4) is 0 Å². The Morgan fingerprint density at radius 1 is 1.33 bits per heavy atom. The summed E-state index contributed by atoms with van der Waals surface area (Å²) in [6, 6.07) is 4.73. The van der Waals surface area contributed by atoms with Gasteiger partial charge in [0.25, 0.3) is 0 Å². The van der Waals surface area contributed by atoms with Gasteiger partial charge in [0, 0.05) is 17.5 Å². The molecule has 1 aromatic rings. The minimum Gasteiger partial charge on any atom is -0.329 e. The third-order valence-corrected chi connectivity index (χ3v) is 4.12. The van der Waals surface area contributed by atoms with Gasteiger partial charge >= 0.3 is 0 Å². The van der Waals surface area contributed by atoms with Crippen molar-refractivity contribution in [3.8, 4) is 0 Å². The van der Waals surface area contributed by atoms with Crippen LogP contribution in [0.4, 0.5) is 4.39 Å². The summed E-state index contributed by atoms with van der Waals surface area (Å²) < 4.78 is 13.6. The normalized spacial score (nSPS) is 18.6. The molecule has 2 N–H and O–H groups in total. The smallest absolute Gasteiger partial charge is 0.170 e. The summed E-state index contributed by atoms with van der Waals surface area (Å²) in [5, 5.41) is 0. The number of rotatable bonds is 3. The van der Waals surface area contributed by atoms with Crippen LogP contribution in [0.25, 0.3) is 0 Å². The molecule has 1 fully saturated rings. The highest BCUT2D eigenvalue weighted by Gasteiger charge is 2.38. The van der Waals surface area contributed by atoms with Crippen LogP contribution in [0.15, 0.2) is 18.2 Å². The summed E-state index contributed by atoms with van der Waals surface area (Å²) in [6.45, 7) is 2.06. The van der Waals surface area contributed by atoms with Crippen LogP contribution in [0.5, 0.6) is 0 Å². The van der Waals surface area contributed by atoms with Gasteiger partial charge < -0.3 is 5.73 Å². The van der Waals surface area contributed by atoms with E-state index >= 15 is 0 Å². The number of nitrogens with two attached hydrogens (primary N) is 1. The highest BCUT2D eigenvalue weighted by Crippen LogP contribution is 2.38. The molecule has 0 heterocycles. The van der Waals surface area contributed by atoms with Gasteiger partial charge in [-0.3, -0.25) is 4.79 Å². The molecule has 1 aliphatic carbocycles. The van der Waals surface area contributed by atoms with Crippen molar-refractivity contribution in [2.45, 2.75) is 39.0 Å². The van der Waals surface area contributed by atoms with Gasteiger partial charge in [-0.25, -0.2) is 4.39 Å². The number of carbonyl (C=O) groups is 1. The molecule has 0 aromatic heterocycles. The first-order valence-corrected chi connectivity index (χ1v) is 6.60. The zero-order valence-corrected chi connectivity index (χ0v) is 10.8. The molecule has 0 unspecified atom stereocenters. The summed E-state index contributed by atoms with van der Waals surface area (Å²) in [5.41, 5.74) is 6.40. The molecule has 1 saturated carbocycles. The average Bonchev–Trinajstić information content (AvgIpc) is 2.42. The van der Waals surface area contributed by atoms with Crippen LogP contribution in [0.2, 0.25) is 0 Å². The third kappa shape index (κ3) is 2.32. The average molecular weight is 249 g/mol. The van der Waals surface area contributed by atoms with E-state index < -0.39 is 5.41 Å². The molecule has 2 rings (SSSR count). The number of hydrogen-bond donors (Lipinski definition) is 1. The first-order valence-electron chi connectivity index (χ1n) is 6.60. The van der Waals surface area contributed by atoms with E-state index in [4.69, 9.17) is 5.73 Å². The second-order valence-corrected chi connectivity index (χ2v) is 5.34. The zero-order chi connectivity index (χ0) is 13.2. The second-order valence-electron chi connectivity index (χ2n) is 5.34. The largest absolute Gasteiger partial charge is 0.329 e. The molecule has 0 radical (unpaired) electrons. The molecule has 0 bridgehead atoms. The Hall–Kier alpha value is -1.22. The predicted molar refractivity (Wildman–Crippen MR) is 70.0 cm³/mol. The topological polar surface area (TPSA) is 43.1 Å². The van der Waals surface area contributed by atoms with Crippen molar-refractivity contribution in [1.82, 2.24) is 0 Å². The van der Waals surface area contributed by atoms with E-state index in [0.29, 0.717) is 17.7 Å². The lowest BCUT2D eigenvalue weighted by Crippen LogP contribution is -2.40. The number of benzene rings is 1. The van der Waals surface area contributed by atoms with Gasteiger partial charge in [0.2, 0.25) is 0 Å². The zero-order valence-electron chi connectivity index (χ0n) is 10.8. The fraction of sp³-hybridized carbons (Fsp3) is 0.533. The van der Waals surface area contributed by atoms with Crippen LogP contribution in [-0.4, -0.2) is 12.3 Å². The minimum absolute atomic E-state index is 0.0172. The molecule has 1 aliphatic rings. The summed E-state index contributed by atoms with van der Waals surface area (Å²) in [4.78, 5) is 12.6. The molecule has 3 heteroatoms. The van der Waals surface area contributed by atoms with E-state index in [2.05, 4.69) is 0 Å². The molecule has 1 aromatic carbocycles. The Labute approximate surface area is 107 Å². The number of aryl methyl sites for hydroxylation is 1. The second kappa shape index (κ2) is 5.19. The Morgan fingerprint density at radius 2 is 2.00 bits per heavy atom. The van der Waals surface area contributed by atoms with Gasteiger partial charge in [-0.05, 0) is 31.4 Å². The lowest BCUT2D eigenvalue weighted by atomic mass is 9.69. The molecular weight excluding hydrogens is 229 g/mol. The number of carbonyl (C=O) groups excluding carboxylic acids is 1. The van der Waals surface area contributed by atoms with Gasteiger partial charge in [-0.1, -0.05) is 31.4 Å².